The third-order valence-electron chi connectivity index (χ3n) is 4.31. The normalized spacial score (nSPS) is 11.8. The number of hydrogen-bond donors (Lipinski definition) is 1. The van der Waals surface area contributed by atoms with Gasteiger partial charge in [-0.15, -0.1) is 0 Å². The predicted molar refractivity (Wildman–Crippen MR) is 111 cm³/mol. The van der Waals surface area contributed by atoms with Crippen molar-refractivity contribution in [3.63, 3.8) is 0 Å². The smallest absolute Gasteiger partial charge is 0.261 e. The van der Waals surface area contributed by atoms with Crippen molar-refractivity contribution in [1.82, 2.24) is 10.2 Å². The molecule has 1 atom stereocenters. The van der Waals surface area contributed by atoms with Crippen molar-refractivity contribution in [2.75, 3.05) is 13.2 Å². The molecule has 0 heterocycles. The van der Waals surface area contributed by atoms with Crippen LogP contribution in [0, 0.1) is 11.7 Å². The van der Waals surface area contributed by atoms with Crippen LogP contribution >= 0.6 is 11.6 Å². The molecule has 0 unspecified atom stereocenters. The molecular weight excluding hydrogens is 395 g/mol. The second-order valence-corrected chi connectivity index (χ2v) is 7.59. The maximum absolute atomic E-state index is 13.2. The van der Waals surface area contributed by atoms with Gasteiger partial charge < -0.3 is 15.0 Å². The van der Waals surface area contributed by atoms with Gasteiger partial charge in [0.2, 0.25) is 5.91 Å². The van der Waals surface area contributed by atoms with Crippen LogP contribution in [0.4, 0.5) is 4.39 Å². The highest BCUT2D eigenvalue weighted by molar-refractivity contribution is 6.32. The summed E-state index contributed by atoms with van der Waals surface area (Å²) in [5.41, 5.74) is 0.709. The molecule has 7 heteroatoms. The summed E-state index contributed by atoms with van der Waals surface area (Å²) in [6, 6.07) is 11.9. The largest absolute Gasteiger partial charge is 0.482 e. The van der Waals surface area contributed by atoms with Gasteiger partial charge in [-0.05, 0) is 42.7 Å². The fraction of sp³-hybridized carbons (Fsp3) is 0.364. The van der Waals surface area contributed by atoms with Crippen LogP contribution in [0.5, 0.6) is 5.75 Å². The molecule has 0 fully saturated rings. The van der Waals surface area contributed by atoms with Crippen LogP contribution in [0.2, 0.25) is 5.02 Å². The molecule has 2 aromatic rings. The van der Waals surface area contributed by atoms with Gasteiger partial charge in [-0.1, -0.05) is 49.7 Å². The van der Waals surface area contributed by atoms with E-state index >= 15 is 0 Å². The monoisotopic (exact) mass is 420 g/mol. The van der Waals surface area contributed by atoms with Gasteiger partial charge in [-0.25, -0.2) is 4.39 Å². The van der Waals surface area contributed by atoms with Gasteiger partial charge in [0.25, 0.3) is 5.91 Å². The average Bonchev–Trinajstić information content (AvgIpc) is 2.70. The Balaban J connectivity index is 2.13. The molecule has 156 valence electrons. The summed E-state index contributed by atoms with van der Waals surface area (Å²) < 4.78 is 18.8. The molecule has 0 radical (unpaired) electrons. The van der Waals surface area contributed by atoms with Gasteiger partial charge in [-0.3, -0.25) is 9.59 Å². The second kappa shape index (κ2) is 10.8. The van der Waals surface area contributed by atoms with E-state index in [9.17, 15) is 14.0 Å². The lowest BCUT2D eigenvalue weighted by Crippen LogP contribution is -2.49. The molecule has 0 bridgehead atoms. The molecule has 0 spiro atoms. The molecule has 5 nitrogen and oxygen atoms in total. The molecule has 0 aromatic heterocycles. The first kappa shape index (κ1) is 22.7. The van der Waals surface area contributed by atoms with Crippen LogP contribution in [0.15, 0.2) is 48.5 Å². The molecule has 0 saturated heterocycles. The molecule has 0 aliphatic carbocycles. The zero-order valence-corrected chi connectivity index (χ0v) is 17.6. The molecule has 0 aliphatic rings. The van der Waals surface area contributed by atoms with Gasteiger partial charge in [0, 0.05) is 13.1 Å². The number of hydrogen-bond acceptors (Lipinski definition) is 3. The lowest BCUT2D eigenvalue weighted by molar-refractivity contribution is -0.142. The Morgan fingerprint density at radius 3 is 2.38 bits per heavy atom. The maximum Gasteiger partial charge on any atom is 0.261 e. The van der Waals surface area contributed by atoms with Crippen molar-refractivity contribution in [2.24, 2.45) is 5.92 Å². The minimum Gasteiger partial charge on any atom is -0.482 e. The Hall–Kier alpha value is -2.60. The SMILES string of the molecule is CC(C)CNC(=O)[C@@H](C)N(Cc1ccc(F)cc1)C(=O)COc1ccccc1Cl. The lowest BCUT2D eigenvalue weighted by Gasteiger charge is -2.29. The van der Waals surface area contributed by atoms with E-state index in [0.717, 1.165) is 0 Å². The molecule has 0 aliphatic heterocycles. The van der Waals surface area contributed by atoms with E-state index in [-0.39, 0.29) is 36.7 Å². The Bertz CT molecular complexity index is 827. The number of halogens is 2. The zero-order valence-electron chi connectivity index (χ0n) is 16.8. The highest BCUT2D eigenvalue weighted by Gasteiger charge is 2.26. The van der Waals surface area contributed by atoms with E-state index < -0.39 is 6.04 Å². The van der Waals surface area contributed by atoms with Gasteiger partial charge >= 0.3 is 0 Å². The topological polar surface area (TPSA) is 58.6 Å². The van der Waals surface area contributed by atoms with Crippen molar-refractivity contribution >= 4 is 23.4 Å². The van der Waals surface area contributed by atoms with Crippen molar-refractivity contribution in [2.45, 2.75) is 33.4 Å². The van der Waals surface area contributed by atoms with Gasteiger partial charge in [0.05, 0.1) is 5.02 Å². The van der Waals surface area contributed by atoms with E-state index in [1.54, 1.807) is 43.3 Å². The maximum atomic E-state index is 13.2. The zero-order chi connectivity index (χ0) is 21.4. The third kappa shape index (κ3) is 7.06. The molecule has 2 amide bonds. The van der Waals surface area contributed by atoms with Crippen molar-refractivity contribution in [1.29, 1.82) is 0 Å². The third-order valence-corrected chi connectivity index (χ3v) is 4.62. The number of benzene rings is 2. The number of carbonyl (C=O) groups is 2. The van der Waals surface area contributed by atoms with E-state index in [0.29, 0.717) is 22.9 Å². The first-order valence-corrected chi connectivity index (χ1v) is 9.84. The van der Waals surface area contributed by atoms with Crippen molar-refractivity contribution in [3.05, 3.63) is 64.9 Å². The van der Waals surface area contributed by atoms with Crippen LogP contribution in [-0.4, -0.2) is 35.9 Å². The Kier molecular flexibility index (Phi) is 8.46. The van der Waals surface area contributed by atoms with E-state index in [1.807, 2.05) is 13.8 Å². The summed E-state index contributed by atoms with van der Waals surface area (Å²) >= 11 is 6.07. The summed E-state index contributed by atoms with van der Waals surface area (Å²) in [5, 5.41) is 3.24. The summed E-state index contributed by atoms with van der Waals surface area (Å²) in [6.07, 6.45) is 0. The van der Waals surface area contributed by atoms with E-state index in [4.69, 9.17) is 16.3 Å². The van der Waals surface area contributed by atoms with Crippen LogP contribution in [0.25, 0.3) is 0 Å². The molecule has 29 heavy (non-hydrogen) atoms. The first-order valence-electron chi connectivity index (χ1n) is 9.47. The fourth-order valence-electron chi connectivity index (χ4n) is 2.61. The minimum atomic E-state index is -0.721. The number of rotatable bonds is 9. The number of nitrogens with zero attached hydrogens (tertiary/aromatic N) is 1. The van der Waals surface area contributed by atoms with E-state index in [1.165, 1.54) is 17.0 Å². The number of para-hydroxylation sites is 1. The summed E-state index contributed by atoms with van der Waals surface area (Å²) in [6.45, 7) is 6.03. The first-order chi connectivity index (χ1) is 13.8. The summed E-state index contributed by atoms with van der Waals surface area (Å²) in [7, 11) is 0. The molecule has 0 saturated carbocycles. The highest BCUT2D eigenvalue weighted by Crippen LogP contribution is 2.23. The number of nitrogens with one attached hydrogen (secondary N) is 1. The minimum absolute atomic E-state index is 0.154. The lowest BCUT2D eigenvalue weighted by atomic mass is 10.1. The van der Waals surface area contributed by atoms with Crippen molar-refractivity contribution < 1.29 is 18.7 Å². The average molecular weight is 421 g/mol. The van der Waals surface area contributed by atoms with Gasteiger partial charge in [0.15, 0.2) is 6.61 Å². The van der Waals surface area contributed by atoms with Crippen LogP contribution in [0.1, 0.15) is 26.3 Å². The standard InChI is InChI=1S/C22H26ClFN2O3/c1-15(2)12-25-22(28)16(3)26(13-17-8-10-18(24)11-9-17)21(27)14-29-20-7-5-4-6-19(20)23/h4-11,15-16H,12-14H2,1-3H3,(H,25,28)/t16-/m1/s1. The van der Waals surface area contributed by atoms with Gasteiger partial charge in [-0.2, -0.15) is 0 Å². The second-order valence-electron chi connectivity index (χ2n) is 7.18. The molecule has 2 aromatic carbocycles. The summed E-state index contributed by atoms with van der Waals surface area (Å²) in [5.74, 6) is -0.318. The van der Waals surface area contributed by atoms with Crippen LogP contribution in [-0.2, 0) is 16.1 Å². The Labute approximate surface area is 175 Å². The summed E-state index contributed by atoms with van der Waals surface area (Å²) in [4.78, 5) is 26.8. The molecule has 2 rings (SSSR count). The quantitative estimate of drug-likeness (QED) is 0.665. The Morgan fingerprint density at radius 2 is 1.76 bits per heavy atom. The molecule has 1 N–H and O–H groups in total. The number of ether oxygens (including phenoxy) is 1. The molecular formula is C22H26ClFN2O3. The van der Waals surface area contributed by atoms with Crippen molar-refractivity contribution in [3.8, 4) is 5.75 Å². The fourth-order valence-corrected chi connectivity index (χ4v) is 2.80. The predicted octanol–water partition coefficient (Wildman–Crippen LogP) is 4.05. The number of amides is 2. The van der Waals surface area contributed by atoms with Crippen LogP contribution < -0.4 is 10.1 Å². The highest BCUT2D eigenvalue weighted by atomic mass is 35.5. The van der Waals surface area contributed by atoms with Crippen LogP contribution in [0.3, 0.4) is 0 Å². The Morgan fingerprint density at radius 1 is 1.10 bits per heavy atom. The van der Waals surface area contributed by atoms with E-state index in [2.05, 4.69) is 5.32 Å². The van der Waals surface area contributed by atoms with Gasteiger partial charge in [0.1, 0.15) is 17.6 Å². The number of carbonyl (C=O) groups excluding carboxylic acids is 2.